The maximum Gasteiger partial charge on any atom is 0.146 e. The Kier molecular flexibility index (Phi) is 3.97. The smallest absolute Gasteiger partial charge is 0.146 e. The van der Waals surface area contributed by atoms with Crippen LogP contribution in [0.15, 0.2) is 18.2 Å². The Bertz CT molecular complexity index is 468. The molecule has 1 saturated heterocycles. The second kappa shape index (κ2) is 5.72. The van der Waals surface area contributed by atoms with Crippen LogP contribution in [-0.2, 0) is 4.74 Å². The zero-order valence-corrected chi connectivity index (χ0v) is 12.3. The number of benzene rings is 1. The Balaban J connectivity index is 1.56. The van der Waals surface area contributed by atoms with Crippen LogP contribution in [0.25, 0.3) is 0 Å². The second-order valence-electron chi connectivity index (χ2n) is 6.39. The summed E-state index contributed by atoms with van der Waals surface area (Å²) in [4.78, 5) is 0. The number of anilines is 1. The maximum absolute atomic E-state index is 13.7. The Hall–Kier alpha value is -1.09. The van der Waals surface area contributed by atoms with Gasteiger partial charge in [-0.1, -0.05) is 25.3 Å². The van der Waals surface area contributed by atoms with E-state index in [2.05, 4.69) is 5.32 Å². The number of rotatable bonds is 3. The van der Waals surface area contributed by atoms with Gasteiger partial charge in [-0.2, -0.15) is 0 Å². The zero-order chi connectivity index (χ0) is 14.0. The SMILES string of the molecule is Cc1ccc(F)c(NCC2CCC3(CCCCC3)O2)c1. The Morgan fingerprint density at radius 2 is 2.05 bits per heavy atom. The lowest BCUT2D eigenvalue weighted by Gasteiger charge is -2.33. The van der Waals surface area contributed by atoms with Crippen molar-refractivity contribution in [2.75, 3.05) is 11.9 Å². The fourth-order valence-electron chi connectivity index (χ4n) is 3.60. The molecule has 1 aromatic rings. The van der Waals surface area contributed by atoms with Gasteiger partial charge in [0.2, 0.25) is 0 Å². The van der Waals surface area contributed by atoms with Crippen LogP contribution >= 0.6 is 0 Å². The Labute approximate surface area is 120 Å². The second-order valence-corrected chi connectivity index (χ2v) is 6.39. The van der Waals surface area contributed by atoms with Gasteiger partial charge in [-0.05, 0) is 50.3 Å². The highest BCUT2D eigenvalue weighted by molar-refractivity contribution is 5.47. The van der Waals surface area contributed by atoms with Crippen molar-refractivity contribution in [1.29, 1.82) is 0 Å². The molecule has 1 unspecified atom stereocenters. The van der Waals surface area contributed by atoms with Gasteiger partial charge in [-0.3, -0.25) is 0 Å². The minimum Gasteiger partial charge on any atom is -0.380 e. The van der Waals surface area contributed by atoms with Gasteiger partial charge in [0, 0.05) is 6.54 Å². The molecule has 2 nitrogen and oxygen atoms in total. The van der Waals surface area contributed by atoms with Gasteiger partial charge in [-0.25, -0.2) is 4.39 Å². The van der Waals surface area contributed by atoms with Crippen LogP contribution in [0.2, 0.25) is 0 Å². The van der Waals surface area contributed by atoms with Gasteiger partial charge in [0.1, 0.15) is 5.82 Å². The number of hydrogen-bond donors (Lipinski definition) is 1. The third-order valence-electron chi connectivity index (χ3n) is 4.75. The highest BCUT2D eigenvalue weighted by Gasteiger charge is 2.40. The van der Waals surface area contributed by atoms with E-state index < -0.39 is 0 Å². The van der Waals surface area contributed by atoms with Gasteiger partial charge in [0.15, 0.2) is 0 Å². The van der Waals surface area contributed by atoms with E-state index in [1.54, 1.807) is 6.07 Å². The summed E-state index contributed by atoms with van der Waals surface area (Å²) >= 11 is 0. The molecule has 1 saturated carbocycles. The molecule has 20 heavy (non-hydrogen) atoms. The summed E-state index contributed by atoms with van der Waals surface area (Å²) in [5.41, 5.74) is 1.82. The first-order chi connectivity index (χ1) is 9.67. The summed E-state index contributed by atoms with van der Waals surface area (Å²) in [6.07, 6.45) is 8.87. The van der Waals surface area contributed by atoms with E-state index in [-0.39, 0.29) is 17.5 Å². The topological polar surface area (TPSA) is 21.3 Å². The fourth-order valence-corrected chi connectivity index (χ4v) is 3.60. The van der Waals surface area contributed by atoms with Gasteiger partial charge in [0.05, 0.1) is 17.4 Å². The molecule has 3 rings (SSSR count). The van der Waals surface area contributed by atoms with Crippen molar-refractivity contribution < 1.29 is 9.13 Å². The molecule has 0 bridgehead atoms. The number of aryl methyl sites for hydroxylation is 1. The standard InChI is InChI=1S/C17H24FNO/c1-13-5-6-15(18)16(11-13)19-12-14-7-10-17(20-14)8-3-2-4-9-17/h5-6,11,14,19H,2-4,7-10,12H2,1H3. The van der Waals surface area contributed by atoms with Gasteiger partial charge in [-0.15, -0.1) is 0 Å². The molecule has 1 aromatic carbocycles. The lowest BCUT2D eigenvalue weighted by atomic mass is 9.83. The summed E-state index contributed by atoms with van der Waals surface area (Å²) in [6.45, 7) is 2.69. The maximum atomic E-state index is 13.7. The summed E-state index contributed by atoms with van der Waals surface area (Å²) in [6, 6.07) is 5.18. The molecule has 0 amide bonds. The molecule has 0 radical (unpaired) electrons. The van der Waals surface area contributed by atoms with E-state index in [0.717, 1.165) is 12.0 Å². The molecular weight excluding hydrogens is 253 g/mol. The normalized spacial score (nSPS) is 25.0. The zero-order valence-electron chi connectivity index (χ0n) is 12.3. The summed E-state index contributed by atoms with van der Waals surface area (Å²) in [7, 11) is 0. The van der Waals surface area contributed by atoms with E-state index in [1.807, 2.05) is 13.0 Å². The molecule has 2 aliphatic rings. The predicted molar refractivity (Wildman–Crippen MR) is 79.5 cm³/mol. The van der Waals surface area contributed by atoms with E-state index in [9.17, 15) is 4.39 Å². The molecule has 1 aliphatic carbocycles. The van der Waals surface area contributed by atoms with Crippen molar-refractivity contribution in [3.8, 4) is 0 Å². The van der Waals surface area contributed by atoms with Crippen molar-refractivity contribution in [3.63, 3.8) is 0 Å². The largest absolute Gasteiger partial charge is 0.380 e. The van der Waals surface area contributed by atoms with Crippen molar-refractivity contribution in [3.05, 3.63) is 29.6 Å². The number of halogens is 1. The highest BCUT2D eigenvalue weighted by atomic mass is 19.1. The van der Waals surface area contributed by atoms with Gasteiger partial charge in [0.25, 0.3) is 0 Å². The first-order valence-electron chi connectivity index (χ1n) is 7.85. The van der Waals surface area contributed by atoms with Crippen LogP contribution in [-0.4, -0.2) is 18.2 Å². The Morgan fingerprint density at radius 1 is 1.25 bits per heavy atom. The third kappa shape index (κ3) is 2.98. The van der Waals surface area contributed by atoms with E-state index in [0.29, 0.717) is 12.2 Å². The fraction of sp³-hybridized carbons (Fsp3) is 0.647. The number of nitrogens with one attached hydrogen (secondary N) is 1. The Morgan fingerprint density at radius 3 is 2.85 bits per heavy atom. The molecule has 3 heteroatoms. The van der Waals surface area contributed by atoms with E-state index in [1.165, 1.54) is 44.6 Å². The van der Waals surface area contributed by atoms with Crippen LogP contribution in [0.4, 0.5) is 10.1 Å². The van der Waals surface area contributed by atoms with Gasteiger partial charge >= 0.3 is 0 Å². The third-order valence-corrected chi connectivity index (χ3v) is 4.75. The molecule has 110 valence electrons. The minimum atomic E-state index is -0.180. The molecular formula is C17H24FNO. The molecule has 1 N–H and O–H groups in total. The van der Waals surface area contributed by atoms with Crippen LogP contribution in [0.5, 0.6) is 0 Å². The first kappa shape index (κ1) is 13.9. The summed E-state index contributed by atoms with van der Waals surface area (Å²) in [5.74, 6) is -0.180. The lowest BCUT2D eigenvalue weighted by molar-refractivity contribution is -0.0588. The minimum absolute atomic E-state index is 0.149. The van der Waals surface area contributed by atoms with E-state index in [4.69, 9.17) is 4.74 Å². The molecule has 1 spiro atoms. The van der Waals surface area contributed by atoms with Crippen molar-refractivity contribution in [1.82, 2.24) is 0 Å². The van der Waals surface area contributed by atoms with Gasteiger partial charge < -0.3 is 10.1 Å². The summed E-state index contributed by atoms with van der Waals surface area (Å²) in [5, 5.41) is 3.22. The van der Waals surface area contributed by atoms with Crippen LogP contribution in [0.3, 0.4) is 0 Å². The van der Waals surface area contributed by atoms with Crippen LogP contribution in [0, 0.1) is 12.7 Å². The number of ether oxygens (including phenoxy) is 1. The molecule has 0 aromatic heterocycles. The van der Waals surface area contributed by atoms with Crippen molar-refractivity contribution in [2.24, 2.45) is 0 Å². The number of hydrogen-bond acceptors (Lipinski definition) is 2. The predicted octanol–water partition coefficient (Wildman–Crippen LogP) is 4.43. The first-order valence-corrected chi connectivity index (χ1v) is 7.85. The molecule has 1 heterocycles. The lowest BCUT2D eigenvalue weighted by Crippen LogP contribution is -2.33. The average Bonchev–Trinajstić information content (AvgIpc) is 2.84. The van der Waals surface area contributed by atoms with E-state index >= 15 is 0 Å². The monoisotopic (exact) mass is 277 g/mol. The molecule has 1 aliphatic heterocycles. The average molecular weight is 277 g/mol. The summed E-state index contributed by atoms with van der Waals surface area (Å²) < 4.78 is 20.0. The highest BCUT2D eigenvalue weighted by Crippen LogP contribution is 2.41. The van der Waals surface area contributed by atoms with Crippen molar-refractivity contribution in [2.45, 2.75) is 63.6 Å². The van der Waals surface area contributed by atoms with Crippen LogP contribution < -0.4 is 5.32 Å². The molecule has 2 fully saturated rings. The molecule has 1 atom stereocenters. The van der Waals surface area contributed by atoms with Crippen LogP contribution in [0.1, 0.15) is 50.5 Å². The van der Waals surface area contributed by atoms with Crippen molar-refractivity contribution >= 4 is 5.69 Å². The quantitative estimate of drug-likeness (QED) is 0.882.